The molecule has 3 amide bonds. The molecule has 3 heterocycles. The highest BCUT2D eigenvalue weighted by Crippen LogP contribution is 2.34. The lowest BCUT2D eigenvalue weighted by atomic mass is 10.1. The SMILES string of the molecule is O=C(NCCn1nnc2cc(C(=O)N3CCCCC3)ccc21)Nc1ccc2c(c1)OCO2. The lowest BCUT2D eigenvalue weighted by Gasteiger charge is -2.26. The second kappa shape index (κ2) is 8.74. The predicted octanol–water partition coefficient (Wildman–Crippen LogP) is 2.61. The molecule has 3 aromatic rings. The summed E-state index contributed by atoms with van der Waals surface area (Å²) < 4.78 is 12.3. The molecule has 1 aromatic heterocycles. The zero-order chi connectivity index (χ0) is 21.9. The van der Waals surface area contributed by atoms with Crippen LogP contribution in [0.3, 0.4) is 0 Å². The predicted molar refractivity (Wildman–Crippen MR) is 117 cm³/mol. The molecule has 32 heavy (non-hydrogen) atoms. The van der Waals surface area contributed by atoms with Crippen molar-refractivity contribution >= 4 is 28.7 Å². The van der Waals surface area contributed by atoms with Crippen LogP contribution in [0.15, 0.2) is 36.4 Å². The normalized spacial score (nSPS) is 15.1. The van der Waals surface area contributed by atoms with Gasteiger partial charge >= 0.3 is 6.03 Å². The lowest BCUT2D eigenvalue weighted by Crippen LogP contribution is -2.35. The molecule has 0 saturated carbocycles. The van der Waals surface area contributed by atoms with Gasteiger partial charge in [0.2, 0.25) is 6.79 Å². The van der Waals surface area contributed by atoms with Crippen molar-refractivity contribution in [3.63, 3.8) is 0 Å². The highest BCUT2D eigenvalue weighted by atomic mass is 16.7. The molecular weight excluding hydrogens is 412 g/mol. The number of rotatable bonds is 5. The fraction of sp³-hybridized carbons (Fsp3) is 0.364. The second-order valence-electron chi connectivity index (χ2n) is 7.82. The maximum absolute atomic E-state index is 12.7. The van der Waals surface area contributed by atoms with Gasteiger partial charge in [0.25, 0.3) is 5.91 Å². The number of piperidine rings is 1. The van der Waals surface area contributed by atoms with Gasteiger partial charge in [-0.2, -0.15) is 0 Å². The van der Waals surface area contributed by atoms with Crippen LogP contribution in [-0.2, 0) is 6.54 Å². The van der Waals surface area contributed by atoms with Gasteiger partial charge in [-0.15, -0.1) is 5.10 Å². The molecular formula is C22H24N6O4. The summed E-state index contributed by atoms with van der Waals surface area (Å²) in [6.45, 7) is 2.62. The maximum Gasteiger partial charge on any atom is 0.319 e. The van der Waals surface area contributed by atoms with E-state index in [4.69, 9.17) is 9.47 Å². The van der Waals surface area contributed by atoms with Crippen LogP contribution in [0.1, 0.15) is 29.6 Å². The van der Waals surface area contributed by atoms with Crippen LogP contribution in [-0.4, -0.2) is 58.3 Å². The van der Waals surface area contributed by atoms with E-state index in [1.54, 1.807) is 28.9 Å². The van der Waals surface area contributed by atoms with Gasteiger partial charge in [0.1, 0.15) is 5.52 Å². The van der Waals surface area contributed by atoms with Gasteiger partial charge < -0.3 is 25.0 Å². The van der Waals surface area contributed by atoms with E-state index in [1.807, 2.05) is 17.0 Å². The Bertz CT molecular complexity index is 1150. The average molecular weight is 436 g/mol. The summed E-state index contributed by atoms with van der Waals surface area (Å²) in [5.41, 5.74) is 2.73. The third-order valence-electron chi connectivity index (χ3n) is 5.64. The van der Waals surface area contributed by atoms with Crippen LogP contribution in [0.2, 0.25) is 0 Å². The third-order valence-corrected chi connectivity index (χ3v) is 5.64. The molecule has 2 aliphatic heterocycles. The average Bonchev–Trinajstić information content (AvgIpc) is 3.45. The minimum absolute atomic E-state index is 0.0444. The van der Waals surface area contributed by atoms with Gasteiger partial charge in [-0.3, -0.25) is 4.79 Å². The molecule has 0 atom stereocenters. The van der Waals surface area contributed by atoms with E-state index < -0.39 is 0 Å². The summed E-state index contributed by atoms with van der Waals surface area (Å²) in [6, 6.07) is 10.4. The molecule has 0 bridgehead atoms. The molecule has 166 valence electrons. The molecule has 1 saturated heterocycles. The zero-order valence-corrected chi connectivity index (χ0v) is 17.5. The van der Waals surface area contributed by atoms with Crippen molar-refractivity contribution in [3.05, 3.63) is 42.0 Å². The highest BCUT2D eigenvalue weighted by Gasteiger charge is 2.19. The van der Waals surface area contributed by atoms with E-state index in [2.05, 4.69) is 20.9 Å². The van der Waals surface area contributed by atoms with Crippen LogP contribution in [0.4, 0.5) is 10.5 Å². The van der Waals surface area contributed by atoms with Gasteiger partial charge in [-0.25, -0.2) is 9.48 Å². The summed E-state index contributed by atoms with van der Waals surface area (Å²) in [5, 5.41) is 13.9. The number of nitrogens with zero attached hydrogens (tertiary/aromatic N) is 4. The molecule has 10 nitrogen and oxygen atoms in total. The number of aromatic nitrogens is 3. The molecule has 0 unspecified atom stereocenters. The summed E-state index contributed by atoms with van der Waals surface area (Å²) in [7, 11) is 0. The molecule has 10 heteroatoms. The monoisotopic (exact) mass is 436 g/mol. The number of ether oxygens (including phenoxy) is 2. The van der Waals surface area contributed by atoms with E-state index in [1.165, 1.54) is 6.42 Å². The number of carbonyl (C=O) groups excluding carboxylic acids is 2. The van der Waals surface area contributed by atoms with Crippen molar-refractivity contribution in [2.75, 3.05) is 31.7 Å². The number of likely N-dealkylation sites (tertiary alicyclic amines) is 1. The largest absolute Gasteiger partial charge is 0.454 e. The van der Waals surface area contributed by atoms with E-state index in [9.17, 15) is 9.59 Å². The first kappa shape index (κ1) is 20.1. The Balaban J connectivity index is 1.16. The zero-order valence-electron chi connectivity index (χ0n) is 17.5. The number of urea groups is 1. The van der Waals surface area contributed by atoms with E-state index in [0.29, 0.717) is 41.4 Å². The number of hydrogen-bond donors (Lipinski definition) is 2. The van der Waals surface area contributed by atoms with Crippen molar-refractivity contribution < 1.29 is 19.1 Å². The molecule has 0 spiro atoms. The quantitative estimate of drug-likeness (QED) is 0.636. The van der Waals surface area contributed by atoms with Crippen LogP contribution < -0.4 is 20.1 Å². The Morgan fingerprint density at radius 2 is 1.84 bits per heavy atom. The first-order valence-electron chi connectivity index (χ1n) is 10.7. The van der Waals surface area contributed by atoms with Gasteiger partial charge in [0, 0.05) is 37.0 Å². The van der Waals surface area contributed by atoms with Crippen LogP contribution in [0, 0.1) is 0 Å². The molecule has 5 rings (SSSR count). The minimum Gasteiger partial charge on any atom is -0.454 e. The Labute approximate surface area is 184 Å². The van der Waals surface area contributed by atoms with Crippen molar-refractivity contribution in [1.29, 1.82) is 0 Å². The van der Waals surface area contributed by atoms with Gasteiger partial charge in [0.05, 0.1) is 12.1 Å². The Morgan fingerprint density at radius 1 is 1.00 bits per heavy atom. The molecule has 0 aliphatic carbocycles. The smallest absolute Gasteiger partial charge is 0.319 e. The summed E-state index contributed by atoms with van der Waals surface area (Å²) >= 11 is 0. The van der Waals surface area contributed by atoms with Crippen molar-refractivity contribution in [1.82, 2.24) is 25.2 Å². The summed E-state index contributed by atoms with van der Waals surface area (Å²) in [4.78, 5) is 26.8. The molecule has 2 N–H and O–H groups in total. The topological polar surface area (TPSA) is 111 Å². The van der Waals surface area contributed by atoms with E-state index in [0.717, 1.165) is 31.4 Å². The summed E-state index contributed by atoms with van der Waals surface area (Å²) in [6.07, 6.45) is 3.29. The first-order chi connectivity index (χ1) is 15.7. The van der Waals surface area contributed by atoms with Gasteiger partial charge in [0.15, 0.2) is 11.5 Å². The van der Waals surface area contributed by atoms with Gasteiger partial charge in [-0.05, 0) is 49.6 Å². The first-order valence-corrected chi connectivity index (χ1v) is 10.7. The fourth-order valence-corrected chi connectivity index (χ4v) is 3.97. The molecule has 2 aliphatic rings. The fourth-order valence-electron chi connectivity index (χ4n) is 3.97. The number of fused-ring (bicyclic) bond motifs is 2. The van der Waals surface area contributed by atoms with Crippen molar-refractivity contribution in [2.45, 2.75) is 25.8 Å². The Kier molecular flexibility index (Phi) is 5.49. The number of carbonyl (C=O) groups is 2. The van der Waals surface area contributed by atoms with Crippen LogP contribution >= 0.6 is 0 Å². The molecule has 0 radical (unpaired) electrons. The highest BCUT2D eigenvalue weighted by molar-refractivity contribution is 5.97. The number of amides is 3. The van der Waals surface area contributed by atoms with Gasteiger partial charge in [-0.1, -0.05) is 5.21 Å². The minimum atomic E-state index is -0.331. The third kappa shape index (κ3) is 4.16. The number of nitrogens with one attached hydrogen (secondary N) is 2. The summed E-state index contributed by atoms with van der Waals surface area (Å²) in [5.74, 6) is 1.31. The molecule has 2 aromatic carbocycles. The Hall–Kier alpha value is -3.82. The van der Waals surface area contributed by atoms with E-state index >= 15 is 0 Å². The number of anilines is 1. The van der Waals surface area contributed by atoms with Crippen molar-refractivity contribution in [3.8, 4) is 11.5 Å². The number of hydrogen-bond acceptors (Lipinski definition) is 6. The lowest BCUT2D eigenvalue weighted by molar-refractivity contribution is 0.0724. The Morgan fingerprint density at radius 3 is 2.72 bits per heavy atom. The van der Waals surface area contributed by atoms with Crippen LogP contribution in [0.5, 0.6) is 11.5 Å². The maximum atomic E-state index is 12.7. The molecule has 1 fully saturated rings. The van der Waals surface area contributed by atoms with E-state index in [-0.39, 0.29) is 18.7 Å². The second-order valence-corrected chi connectivity index (χ2v) is 7.82. The number of benzene rings is 2. The van der Waals surface area contributed by atoms with Crippen molar-refractivity contribution in [2.24, 2.45) is 0 Å². The van der Waals surface area contributed by atoms with Crippen LogP contribution in [0.25, 0.3) is 11.0 Å². The standard InChI is InChI=1S/C22H24N6O4/c29-21(27-9-2-1-3-10-27)15-4-6-18-17(12-15)25-26-28(18)11-8-23-22(30)24-16-5-7-19-20(13-16)32-14-31-19/h4-7,12-13H,1-3,8-11,14H2,(H2,23,24,30).